The number of rotatable bonds is 5. The van der Waals surface area contributed by atoms with E-state index >= 15 is 0 Å². The molecule has 0 heterocycles. The minimum absolute atomic E-state index is 0.465. The van der Waals surface area contributed by atoms with E-state index < -0.39 is 0 Å². The maximum Gasteiger partial charge on any atom is 0.133 e. The summed E-state index contributed by atoms with van der Waals surface area (Å²) < 4.78 is 0. The van der Waals surface area contributed by atoms with Crippen molar-refractivity contribution in [3.63, 3.8) is 0 Å². The molecule has 1 nitrogen and oxygen atoms in total. The molecule has 10 atom stereocenters. The highest BCUT2D eigenvalue weighted by molar-refractivity contribution is 5.79. The standard InChI is InChI=1S/C28H48O/c1-17(2)18(3)7-8-19(4)23-11-12-25-24-10-9-21-16-22(29)13-14-28(21,6)26(24)15-20(5)27(23)25/h17-21,23-27H,7-16H2,1-6H3. The lowest BCUT2D eigenvalue weighted by Gasteiger charge is -2.59. The summed E-state index contributed by atoms with van der Waals surface area (Å²) in [7, 11) is 0. The fraction of sp³-hybridized carbons (Fsp3) is 0.964. The van der Waals surface area contributed by atoms with Crippen molar-refractivity contribution in [1.82, 2.24) is 0 Å². The molecule has 4 aliphatic rings. The molecule has 29 heavy (non-hydrogen) atoms. The van der Waals surface area contributed by atoms with Crippen LogP contribution in [0.4, 0.5) is 0 Å². The van der Waals surface area contributed by atoms with Gasteiger partial charge in [-0.2, -0.15) is 0 Å². The summed E-state index contributed by atoms with van der Waals surface area (Å²) in [6.07, 6.45) is 13.0. The minimum atomic E-state index is 0.465. The normalized spacial score (nSPS) is 46.7. The van der Waals surface area contributed by atoms with Crippen molar-refractivity contribution in [3.8, 4) is 0 Å². The summed E-state index contributed by atoms with van der Waals surface area (Å²) in [6, 6.07) is 0. The fourth-order valence-electron chi connectivity index (χ4n) is 8.91. The van der Waals surface area contributed by atoms with E-state index in [9.17, 15) is 4.79 Å². The Morgan fingerprint density at radius 1 is 1.00 bits per heavy atom. The summed E-state index contributed by atoms with van der Waals surface area (Å²) in [5.74, 6) is 9.59. The van der Waals surface area contributed by atoms with Crippen LogP contribution in [0.2, 0.25) is 0 Å². The van der Waals surface area contributed by atoms with Gasteiger partial charge in [0.05, 0.1) is 0 Å². The van der Waals surface area contributed by atoms with Crippen LogP contribution in [0.1, 0.15) is 106 Å². The molecule has 0 radical (unpaired) electrons. The van der Waals surface area contributed by atoms with E-state index in [1.54, 1.807) is 0 Å². The smallest absolute Gasteiger partial charge is 0.133 e. The zero-order chi connectivity index (χ0) is 20.9. The molecular weight excluding hydrogens is 352 g/mol. The van der Waals surface area contributed by atoms with E-state index in [1.165, 1.54) is 51.4 Å². The molecule has 0 spiro atoms. The highest BCUT2D eigenvalue weighted by Crippen LogP contribution is 2.65. The summed E-state index contributed by atoms with van der Waals surface area (Å²) in [5.41, 5.74) is 0.465. The Morgan fingerprint density at radius 2 is 1.72 bits per heavy atom. The molecule has 166 valence electrons. The van der Waals surface area contributed by atoms with Crippen molar-refractivity contribution in [1.29, 1.82) is 0 Å². The third-order valence-electron chi connectivity index (χ3n) is 11.2. The first-order valence-electron chi connectivity index (χ1n) is 13.2. The van der Waals surface area contributed by atoms with E-state index in [-0.39, 0.29) is 0 Å². The van der Waals surface area contributed by atoms with E-state index in [0.717, 1.165) is 66.1 Å². The molecule has 0 N–H and O–H groups in total. The Hall–Kier alpha value is -0.330. The number of carbonyl (C=O) groups excluding carboxylic acids is 1. The largest absolute Gasteiger partial charge is 0.300 e. The van der Waals surface area contributed by atoms with Gasteiger partial charge in [-0.3, -0.25) is 4.79 Å². The number of fused-ring (bicyclic) bond motifs is 5. The van der Waals surface area contributed by atoms with Crippen LogP contribution in [-0.2, 0) is 4.79 Å². The van der Waals surface area contributed by atoms with Gasteiger partial charge in [-0.25, -0.2) is 0 Å². The van der Waals surface area contributed by atoms with Crippen molar-refractivity contribution >= 4 is 5.78 Å². The molecule has 0 saturated heterocycles. The van der Waals surface area contributed by atoms with Gasteiger partial charge in [0.2, 0.25) is 0 Å². The lowest BCUT2D eigenvalue weighted by molar-refractivity contribution is -0.138. The summed E-state index contributed by atoms with van der Waals surface area (Å²) in [6.45, 7) is 15.0. The Labute approximate surface area is 181 Å². The van der Waals surface area contributed by atoms with E-state index in [0.29, 0.717) is 17.1 Å². The average molecular weight is 401 g/mol. The lowest BCUT2D eigenvalue weighted by Crippen LogP contribution is -2.53. The molecule has 0 bridgehead atoms. The minimum Gasteiger partial charge on any atom is -0.300 e. The van der Waals surface area contributed by atoms with Gasteiger partial charge < -0.3 is 0 Å². The van der Waals surface area contributed by atoms with Crippen LogP contribution in [0.3, 0.4) is 0 Å². The van der Waals surface area contributed by atoms with Crippen molar-refractivity contribution < 1.29 is 4.79 Å². The molecule has 4 aliphatic carbocycles. The molecule has 0 aromatic carbocycles. The van der Waals surface area contributed by atoms with Crippen LogP contribution in [0, 0.1) is 64.6 Å². The van der Waals surface area contributed by atoms with Crippen LogP contribution in [0.5, 0.6) is 0 Å². The first-order valence-corrected chi connectivity index (χ1v) is 13.2. The predicted molar refractivity (Wildman–Crippen MR) is 123 cm³/mol. The molecule has 4 rings (SSSR count). The van der Waals surface area contributed by atoms with Gasteiger partial charge in [0.1, 0.15) is 5.78 Å². The topological polar surface area (TPSA) is 17.1 Å². The van der Waals surface area contributed by atoms with E-state index in [4.69, 9.17) is 0 Å². The molecule has 4 saturated carbocycles. The van der Waals surface area contributed by atoms with Crippen LogP contribution < -0.4 is 0 Å². The second-order valence-corrected chi connectivity index (χ2v) is 12.8. The molecular formula is C28H48O. The maximum absolute atomic E-state index is 12.1. The summed E-state index contributed by atoms with van der Waals surface area (Å²) >= 11 is 0. The SMILES string of the molecule is CC(C)C(C)CCC(C)C1CCC2C3CCC4CC(=O)CCC4(C)C3CC(C)C12. The van der Waals surface area contributed by atoms with Gasteiger partial charge in [-0.05, 0) is 103 Å². The van der Waals surface area contributed by atoms with E-state index in [2.05, 4.69) is 41.5 Å². The zero-order valence-electron chi connectivity index (χ0n) is 20.3. The van der Waals surface area contributed by atoms with Crippen LogP contribution in [0.25, 0.3) is 0 Å². The molecule has 0 aromatic heterocycles. The van der Waals surface area contributed by atoms with Gasteiger partial charge >= 0.3 is 0 Å². The van der Waals surface area contributed by atoms with Gasteiger partial charge in [0, 0.05) is 12.8 Å². The zero-order valence-corrected chi connectivity index (χ0v) is 20.3. The van der Waals surface area contributed by atoms with Gasteiger partial charge in [-0.1, -0.05) is 54.4 Å². The van der Waals surface area contributed by atoms with Crippen LogP contribution in [0.15, 0.2) is 0 Å². The monoisotopic (exact) mass is 400 g/mol. The Balaban J connectivity index is 1.46. The van der Waals surface area contributed by atoms with Crippen LogP contribution in [-0.4, -0.2) is 5.78 Å². The number of hydrogen-bond acceptors (Lipinski definition) is 1. The molecule has 10 unspecified atom stereocenters. The second kappa shape index (κ2) is 8.31. The highest BCUT2D eigenvalue weighted by atomic mass is 16.1. The van der Waals surface area contributed by atoms with Gasteiger partial charge in [0.25, 0.3) is 0 Å². The summed E-state index contributed by atoms with van der Waals surface area (Å²) in [5, 5.41) is 0. The number of Topliss-reactive ketones (excluding diaryl/α,β-unsaturated/α-hetero) is 1. The molecule has 1 heteroatoms. The third kappa shape index (κ3) is 3.87. The van der Waals surface area contributed by atoms with E-state index in [1.807, 2.05) is 0 Å². The Kier molecular flexibility index (Phi) is 6.27. The van der Waals surface area contributed by atoms with Crippen molar-refractivity contribution in [2.75, 3.05) is 0 Å². The highest BCUT2D eigenvalue weighted by Gasteiger charge is 2.58. The van der Waals surface area contributed by atoms with Crippen molar-refractivity contribution in [3.05, 3.63) is 0 Å². The third-order valence-corrected chi connectivity index (χ3v) is 11.2. The van der Waals surface area contributed by atoms with Crippen molar-refractivity contribution in [2.45, 2.75) is 106 Å². The average Bonchev–Trinajstić information content (AvgIpc) is 3.13. The molecule has 0 aromatic rings. The Morgan fingerprint density at radius 3 is 2.45 bits per heavy atom. The predicted octanol–water partition coefficient (Wildman–Crippen LogP) is 7.78. The molecule has 0 amide bonds. The van der Waals surface area contributed by atoms with Gasteiger partial charge in [-0.15, -0.1) is 0 Å². The summed E-state index contributed by atoms with van der Waals surface area (Å²) in [4.78, 5) is 12.1. The van der Waals surface area contributed by atoms with Crippen LogP contribution >= 0.6 is 0 Å². The van der Waals surface area contributed by atoms with Gasteiger partial charge in [0.15, 0.2) is 0 Å². The van der Waals surface area contributed by atoms with Crippen molar-refractivity contribution in [2.24, 2.45) is 64.6 Å². The maximum atomic E-state index is 12.1. The number of ketones is 1. The molecule has 4 fully saturated rings. The quantitative estimate of drug-likeness (QED) is 0.460. The Bertz CT molecular complexity index is 593. The first-order chi connectivity index (χ1) is 13.7. The first kappa shape index (κ1) is 21.9. The number of hydrogen-bond donors (Lipinski definition) is 0. The fourth-order valence-corrected chi connectivity index (χ4v) is 8.91. The second-order valence-electron chi connectivity index (χ2n) is 12.8. The molecule has 0 aliphatic heterocycles. The lowest BCUT2D eigenvalue weighted by atomic mass is 9.45. The number of carbonyl (C=O) groups is 1.